The quantitative estimate of drug-likeness (QED) is 0.446. The van der Waals surface area contributed by atoms with Crippen molar-refractivity contribution in [2.75, 3.05) is 13.6 Å². The highest BCUT2D eigenvalue weighted by atomic mass is 19.1. The standard InChI is InChI=1S/C18H16FN9O2/c1-26(6-14(20)29)7-15-24-17(25-30-15)16-13-5-28-18(21-8-23-28)11-4-10(19)2-3-12(11)27(13)9-22-16/h2-4,8-9H,5-7H2,1H3,(H2,20,29). The van der Waals surface area contributed by atoms with Crippen molar-refractivity contribution in [2.24, 2.45) is 5.73 Å². The number of fused-ring (bicyclic) bond motifs is 5. The number of hydrogen-bond acceptors (Lipinski definition) is 8. The summed E-state index contributed by atoms with van der Waals surface area (Å²) in [6, 6.07) is 4.48. The van der Waals surface area contributed by atoms with Crippen LogP contribution < -0.4 is 5.73 Å². The summed E-state index contributed by atoms with van der Waals surface area (Å²) in [5, 5.41) is 8.29. The van der Waals surface area contributed by atoms with Gasteiger partial charge in [0.2, 0.25) is 17.6 Å². The van der Waals surface area contributed by atoms with E-state index in [0.717, 1.165) is 11.4 Å². The van der Waals surface area contributed by atoms with Gasteiger partial charge in [0.15, 0.2) is 5.82 Å². The van der Waals surface area contributed by atoms with E-state index < -0.39 is 5.91 Å². The van der Waals surface area contributed by atoms with Crippen molar-refractivity contribution in [2.45, 2.75) is 13.1 Å². The Morgan fingerprint density at radius 1 is 1.37 bits per heavy atom. The second-order valence-electron chi connectivity index (χ2n) is 6.96. The number of halogens is 1. The topological polar surface area (TPSA) is 134 Å². The molecule has 4 aromatic rings. The Labute approximate surface area is 168 Å². The van der Waals surface area contributed by atoms with Crippen LogP contribution in [0.2, 0.25) is 0 Å². The molecule has 0 saturated carbocycles. The zero-order chi connectivity index (χ0) is 20.8. The second kappa shape index (κ2) is 6.84. The van der Waals surface area contributed by atoms with E-state index in [1.165, 1.54) is 18.5 Å². The number of aromatic nitrogens is 7. The van der Waals surface area contributed by atoms with Gasteiger partial charge < -0.3 is 10.3 Å². The van der Waals surface area contributed by atoms with Gasteiger partial charge in [0.1, 0.15) is 24.2 Å². The summed E-state index contributed by atoms with van der Waals surface area (Å²) in [6.07, 6.45) is 3.06. The highest BCUT2D eigenvalue weighted by molar-refractivity contribution is 5.75. The number of rotatable bonds is 5. The Kier molecular flexibility index (Phi) is 4.13. The SMILES string of the molecule is CN(CC(N)=O)Cc1nc(-c2ncn3c2Cn2ncnc2-c2cc(F)ccc2-3)no1. The predicted octanol–water partition coefficient (Wildman–Crippen LogP) is 0.599. The lowest BCUT2D eigenvalue weighted by Gasteiger charge is -2.10. The van der Waals surface area contributed by atoms with Crippen LogP contribution in [0.5, 0.6) is 0 Å². The molecule has 5 rings (SSSR count). The molecule has 1 amide bonds. The molecular weight excluding hydrogens is 393 g/mol. The van der Waals surface area contributed by atoms with Crippen molar-refractivity contribution in [3.05, 3.63) is 48.3 Å². The van der Waals surface area contributed by atoms with E-state index >= 15 is 0 Å². The molecule has 0 saturated heterocycles. The van der Waals surface area contributed by atoms with Crippen LogP contribution >= 0.6 is 0 Å². The van der Waals surface area contributed by atoms with Crippen LogP contribution in [0.25, 0.3) is 28.6 Å². The molecule has 0 bridgehead atoms. The highest BCUT2D eigenvalue weighted by Crippen LogP contribution is 2.33. The van der Waals surface area contributed by atoms with Gasteiger partial charge in [-0.2, -0.15) is 10.1 Å². The summed E-state index contributed by atoms with van der Waals surface area (Å²) < 4.78 is 22.7. The number of amides is 1. The third kappa shape index (κ3) is 3.03. The molecule has 0 radical (unpaired) electrons. The maximum Gasteiger partial charge on any atom is 0.241 e. The van der Waals surface area contributed by atoms with Gasteiger partial charge in [0.05, 0.1) is 31.0 Å². The van der Waals surface area contributed by atoms with Crippen LogP contribution in [0.4, 0.5) is 4.39 Å². The summed E-state index contributed by atoms with van der Waals surface area (Å²) in [5.74, 6) is 0.373. The van der Waals surface area contributed by atoms with E-state index in [4.69, 9.17) is 10.3 Å². The number of hydrogen-bond donors (Lipinski definition) is 1. The number of benzene rings is 1. The molecule has 3 aromatic heterocycles. The number of carbonyl (C=O) groups excluding carboxylic acids is 1. The Hall–Kier alpha value is -3.93. The summed E-state index contributed by atoms with van der Waals surface area (Å²) >= 11 is 0. The molecule has 4 heterocycles. The van der Waals surface area contributed by atoms with Gasteiger partial charge in [-0.25, -0.2) is 19.0 Å². The van der Waals surface area contributed by atoms with Crippen molar-refractivity contribution in [1.82, 2.24) is 39.4 Å². The highest BCUT2D eigenvalue weighted by Gasteiger charge is 2.26. The summed E-state index contributed by atoms with van der Waals surface area (Å²) in [5.41, 5.74) is 7.80. The van der Waals surface area contributed by atoms with Crippen LogP contribution in [0, 0.1) is 5.82 Å². The van der Waals surface area contributed by atoms with Crippen LogP contribution in [0.1, 0.15) is 11.6 Å². The first-order valence-electron chi connectivity index (χ1n) is 9.03. The first-order valence-corrected chi connectivity index (χ1v) is 9.03. The maximum absolute atomic E-state index is 13.9. The first-order chi connectivity index (χ1) is 14.5. The average Bonchev–Trinajstić information content (AvgIpc) is 3.40. The van der Waals surface area contributed by atoms with Crippen LogP contribution in [-0.2, 0) is 17.9 Å². The minimum atomic E-state index is -0.449. The molecule has 30 heavy (non-hydrogen) atoms. The normalized spacial score (nSPS) is 12.4. The molecule has 0 atom stereocenters. The molecule has 1 aromatic carbocycles. The lowest BCUT2D eigenvalue weighted by molar-refractivity contribution is -0.119. The molecule has 1 aliphatic heterocycles. The fourth-order valence-corrected chi connectivity index (χ4v) is 3.52. The first kappa shape index (κ1) is 18.1. The van der Waals surface area contributed by atoms with Gasteiger partial charge >= 0.3 is 0 Å². The van der Waals surface area contributed by atoms with E-state index in [-0.39, 0.29) is 18.9 Å². The van der Waals surface area contributed by atoms with E-state index in [2.05, 4.69) is 25.2 Å². The lowest BCUT2D eigenvalue weighted by atomic mass is 10.1. The summed E-state index contributed by atoms with van der Waals surface area (Å²) in [7, 11) is 1.72. The molecule has 2 N–H and O–H groups in total. The van der Waals surface area contributed by atoms with Crippen LogP contribution in [-0.4, -0.2) is 58.9 Å². The zero-order valence-electron chi connectivity index (χ0n) is 15.9. The van der Waals surface area contributed by atoms with Crippen molar-refractivity contribution in [3.63, 3.8) is 0 Å². The number of imidazole rings is 1. The van der Waals surface area contributed by atoms with Crippen molar-refractivity contribution >= 4 is 5.91 Å². The van der Waals surface area contributed by atoms with Gasteiger partial charge in [-0.15, -0.1) is 0 Å². The molecule has 0 aliphatic carbocycles. The number of likely N-dealkylation sites (N-methyl/N-ethyl adjacent to an activating group) is 1. The van der Waals surface area contributed by atoms with Gasteiger partial charge in [-0.3, -0.25) is 14.3 Å². The minimum Gasteiger partial charge on any atom is -0.369 e. The van der Waals surface area contributed by atoms with Gasteiger partial charge in [-0.1, -0.05) is 5.16 Å². The van der Waals surface area contributed by atoms with Crippen molar-refractivity contribution in [3.8, 4) is 28.6 Å². The summed E-state index contributed by atoms with van der Waals surface area (Å²) in [4.78, 5) is 25.9. The van der Waals surface area contributed by atoms with E-state index in [1.54, 1.807) is 29.0 Å². The Balaban J connectivity index is 1.55. The van der Waals surface area contributed by atoms with Crippen LogP contribution in [0.3, 0.4) is 0 Å². The smallest absolute Gasteiger partial charge is 0.241 e. The molecule has 12 heteroatoms. The fraction of sp³-hybridized carbons (Fsp3) is 0.222. The molecule has 0 unspecified atom stereocenters. The summed E-state index contributed by atoms with van der Waals surface area (Å²) in [6.45, 7) is 0.674. The van der Waals surface area contributed by atoms with Crippen molar-refractivity contribution < 1.29 is 13.7 Å². The molecule has 1 aliphatic rings. The van der Waals surface area contributed by atoms with Crippen molar-refractivity contribution in [1.29, 1.82) is 0 Å². The third-order valence-electron chi connectivity index (χ3n) is 4.75. The minimum absolute atomic E-state index is 0.0695. The molecular formula is C18H16FN9O2. The van der Waals surface area contributed by atoms with E-state index in [0.29, 0.717) is 35.3 Å². The third-order valence-corrected chi connectivity index (χ3v) is 4.75. The number of carbonyl (C=O) groups is 1. The number of nitrogens with zero attached hydrogens (tertiary/aromatic N) is 8. The Bertz CT molecular complexity index is 1260. The lowest BCUT2D eigenvalue weighted by Crippen LogP contribution is -2.30. The monoisotopic (exact) mass is 409 g/mol. The average molecular weight is 409 g/mol. The Morgan fingerprint density at radius 2 is 2.23 bits per heavy atom. The number of primary amides is 1. The van der Waals surface area contributed by atoms with E-state index in [1.807, 2.05) is 4.57 Å². The van der Waals surface area contributed by atoms with E-state index in [9.17, 15) is 9.18 Å². The fourth-order valence-electron chi connectivity index (χ4n) is 3.52. The molecule has 0 fully saturated rings. The maximum atomic E-state index is 13.9. The second-order valence-corrected chi connectivity index (χ2v) is 6.96. The number of nitrogens with two attached hydrogens (primary N) is 1. The largest absolute Gasteiger partial charge is 0.369 e. The predicted molar refractivity (Wildman–Crippen MR) is 100 cm³/mol. The Morgan fingerprint density at radius 3 is 3.07 bits per heavy atom. The van der Waals surface area contributed by atoms with Gasteiger partial charge in [-0.05, 0) is 25.2 Å². The van der Waals surface area contributed by atoms with Crippen LogP contribution in [0.15, 0.2) is 35.4 Å². The molecule has 152 valence electrons. The van der Waals surface area contributed by atoms with Gasteiger partial charge in [0.25, 0.3) is 0 Å². The molecule has 0 spiro atoms. The molecule has 11 nitrogen and oxygen atoms in total. The zero-order valence-corrected chi connectivity index (χ0v) is 15.9. The van der Waals surface area contributed by atoms with Gasteiger partial charge in [0, 0.05) is 5.56 Å².